The SMILES string of the molecule is CCCCCCCC(C)(Nc1ccccc1)C(=O)O. The molecule has 0 fully saturated rings. The van der Waals surface area contributed by atoms with Gasteiger partial charge in [-0.1, -0.05) is 57.2 Å². The van der Waals surface area contributed by atoms with Crippen LogP contribution in [0.3, 0.4) is 0 Å². The van der Waals surface area contributed by atoms with E-state index in [9.17, 15) is 9.90 Å². The maximum absolute atomic E-state index is 11.5. The maximum atomic E-state index is 11.5. The Hall–Kier alpha value is -1.51. The van der Waals surface area contributed by atoms with Gasteiger partial charge in [0, 0.05) is 5.69 Å². The highest BCUT2D eigenvalue weighted by Crippen LogP contribution is 2.22. The summed E-state index contributed by atoms with van der Waals surface area (Å²) in [6, 6.07) is 9.54. The number of para-hydroxylation sites is 1. The molecule has 106 valence electrons. The van der Waals surface area contributed by atoms with Crippen LogP contribution < -0.4 is 5.32 Å². The van der Waals surface area contributed by atoms with E-state index < -0.39 is 11.5 Å². The molecule has 3 heteroatoms. The van der Waals surface area contributed by atoms with Crippen LogP contribution in [0.25, 0.3) is 0 Å². The Morgan fingerprint density at radius 3 is 2.37 bits per heavy atom. The van der Waals surface area contributed by atoms with Crippen LogP contribution in [0.1, 0.15) is 52.4 Å². The molecule has 0 aliphatic carbocycles. The molecular weight excluding hydrogens is 238 g/mol. The van der Waals surface area contributed by atoms with Crippen molar-refractivity contribution in [3.8, 4) is 0 Å². The van der Waals surface area contributed by atoms with Crippen molar-refractivity contribution in [1.82, 2.24) is 0 Å². The molecule has 1 rings (SSSR count). The first-order valence-electron chi connectivity index (χ1n) is 7.15. The Balaban J connectivity index is 2.52. The summed E-state index contributed by atoms with van der Waals surface area (Å²) in [7, 11) is 0. The van der Waals surface area contributed by atoms with Gasteiger partial charge in [-0.15, -0.1) is 0 Å². The van der Waals surface area contributed by atoms with Crippen LogP contribution in [0, 0.1) is 0 Å². The lowest BCUT2D eigenvalue weighted by Crippen LogP contribution is -2.43. The summed E-state index contributed by atoms with van der Waals surface area (Å²) < 4.78 is 0. The molecule has 1 aromatic rings. The third-order valence-electron chi connectivity index (χ3n) is 3.45. The molecule has 0 saturated carbocycles. The molecule has 1 atom stereocenters. The number of hydrogen-bond donors (Lipinski definition) is 2. The molecule has 19 heavy (non-hydrogen) atoms. The van der Waals surface area contributed by atoms with E-state index in [0.29, 0.717) is 6.42 Å². The predicted octanol–water partition coefficient (Wildman–Crippen LogP) is 4.30. The fourth-order valence-electron chi connectivity index (χ4n) is 2.15. The Labute approximate surface area is 116 Å². The first-order chi connectivity index (χ1) is 9.08. The molecule has 1 unspecified atom stereocenters. The van der Waals surface area contributed by atoms with E-state index in [4.69, 9.17) is 0 Å². The van der Waals surface area contributed by atoms with Gasteiger partial charge in [-0.2, -0.15) is 0 Å². The van der Waals surface area contributed by atoms with Crippen molar-refractivity contribution in [2.24, 2.45) is 0 Å². The fraction of sp³-hybridized carbons (Fsp3) is 0.562. The van der Waals surface area contributed by atoms with E-state index in [2.05, 4.69) is 12.2 Å². The Bertz CT molecular complexity index is 378. The van der Waals surface area contributed by atoms with Crippen LogP contribution in [-0.2, 0) is 4.79 Å². The molecule has 0 aliphatic heterocycles. The fourth-order valence-corrected chi connectivity index (χ4v) is 2.15. The van der Waals surface area contributed by atoms with Gasteiger partial charge in [-0.3, -0.25) is 0 Å². The largest absolute Gasteiger partial charge is 0.480 e. The van der Waals surface area contributed by atoms with Crippen molar-refractivity contribution in [3.05, 3.63) is 30.3 Å². The van der Waals surface area contributed by atoms with Gasteiger partial charge in [-0.05, 0) is 25.5 Å². The molecule has 0 spiro atoms. The normalized spacial score (nSPS) is 13.8. The smallest absolute Gasteiger partial charge is 0.329 e. The van der Waals surface area contributed by atoms with Crippen molar-refractivity contribution >= 4 is 11.7 Å². The van der Waals surface area contributed by atoms with Crippen molar-refractivity contribution < 1.29 is 9.90 Å². The van der Waals surface area contributed by atoms with Crippen LogP contribution in [0.4, 0.5) is 5.69 Å². The minimum absolute atomic E-state index is 0.654. The van der Waals surface area contributed by atoms with Crippen LogP contribution in [-0.4, -0.2) is 16.6 Å². The Morgan fingerprint density at radius 1 is 1.16 bits per heavy atom. The Morgan fingerprint density at radius 2 is 1.79 bits per heavy atom. The number of rotatable bonds is 9. The minimum atomic E-state index is -0.881. The number of unbranched alkanes of at least 4 members (excludes halogenated alkanes) is 4. The lowest BCUT2D eigenvalue weighted by atomic mass is 9.93. The van der Waals surface area contributed by atoms with E-state index >= 15 is 0 Å². The van der Waals surface area contributed by atoms with E-state index in [-0.39, 0.29) is 0 Å². The molecule has 0 radical (unpaired) electrons. The van der Waals surface area contributed by atoms with Gasteiger partial charge < -0.3 is 10.4 Å². The number of nitrogens with one attached hydrogen (secondary N) is 1. The first kappa shape index (κ1) is 15.5. The lowest BCUT2D eigenvalue weighted by molar-refractivity contribution is -0.142. The Kier molecular flexibility index (Phi) is 6.40. The van der Waals surface area contributed by atoms with E-state index in [1.807, 2.05) is 30.3 Å². The number of hydrogen-bond acceptors (Lipinski definition) is 2. The topological polar surface area (TPSA) is 49.3 Å². The third-order valence-corrected chi connectivity index (χ3v) is 3.45. The second-order valence-corrected chi connectivity index (χ2v) is 5.29. The zero-order valence-corrected chi connectivity index (χ0v) is 12.0. The third kappa shape index (κ3) is 5.33. The summed E-state index contributed by atoms with van der Waals surface area (Å²) in [5, 5.41) is 12.6. The van der Waals surface area contributed by atoms with Crippen LogP contribution in [0.2, 0.25) is 0 Å². The van der Waals surface area contributed by atoms with E-state index in [1.165, 1.54) is 19.3 Å². The minimum Gasteiger partial charge on any atom is -0.480 e. The van der Waals surface area contributed by atoms with Gasteiger partial charge in [0.15, 0.2) is 0 Å². The summed E-state index contributed by atoms with van der Waals surface area (Å²) in [4.78, 5) is 11.5. The summed E-state index contributed by atoms with van der Waals surface area (Å²) in [6.45, 7) is 3.94. The van der Waals surface area contributed by atoms with Crippen LogP contribution in [0.15, 0.2) is 30.3 Å². The van der Waals surface area contributed by atoms with Gasteiger partial charge in [0.05, 0.1) is 0 Å². The average Bonchev–Trinajstić information content (AvgIpc) is 2.39. The first-order valence-corrected chi connectivity index (χ1v) is 7.15. The highest BCUT2D eigenvalue weighted by Gasteiger charge is 2.32. The second kappa shape index (κ2) is 7.82. The molecule has 0 amide bonds. The van der Waals surface area contributed by atoms with Gasteiger partial charge in [0.1, 0.15) is 5.54 Å². The molecule has 1 aromatic carbocycles. The number of carboxylic acids is 1. The summed E-state index contributed by atoms with van der Waals surface area (Å²) in [6.07, 6.45) is 6.34. The second-order valence-electron chi connectivity index (χ2n) is 5.29. The maximum Gasteiger partial charge on any atom is 0.329 e. The summed E-state index contributed by atoms with van der Waals surface area (Å²) in [5.41, 5.74) is -0.0194. The van der Waals surface area contributed by atoms with Crippen molar-refractivity contribution in [2.75, 3.05) is 5.32 Å². The van der Waals surface area contributed by atoms with Gasteiger partial charge in [0.2, 0.25) is 0 Å². The number of aliphatic carboxylic acids is 1. The highest BCUT2D eigenvalue weighted by atomic mass is 16.4. The predicted molar refractivity (Wildman–Crippen MR) is 79.5 cm³/mol. The molecule has 0 saturated heterocycles. The van der Waals surface area contributed by atoms with Crippen LogP contribution >= 0.6 is 0 Å². The number of benzene rings is 1. The zero-order chi connectivity index (χ0) is 14.1. The number of carboxylic acid groups (broad SMARTS) is 1. The summed E-state index contributed by atoms with van der Waals surface area (Å²) >= 11 is 0. The molecule has 0 heterocycles. The highest BCUT2D eigenvalue weighted by molar-refractivity contribution is 5.82. The molecular formula is C16H25NO2. The average molecular weight is 263 g/mol. The zero-order valence-electron chi connectivity index (χ0n) is 12.0. The van der Waals surface area contributed by atoms with Crippen molar-refractivity contribution in [3.63, 3.8) is 0 Å². The van der Waals surface area contributed by atoms with E-state index in [0.717, 1.165) is 18.5 Å². The molecule has 3 nitrogen and oxygen atoms in total. The molecule has 0 aliphatic rings. The standard InChI is InChI=1S/C16H25NO2/c1-3-4-5-6-10-13-16(2,15(18)19)17-14-11-8-7-9-12-14/h7-9,11-12,17H,3-6,10,13H2,1-2H3,(H,18,19). The van der Waals surface area contributed by atoms with Crippen molar-refractivity contribution in [2.45, 2.75) is 57.9 Å². The van der Waals surface area contributed by atoms with E-state index in [1.54, 1.807) is 6.92 Å². The van der Waals surface area contributed by atoms with Crippen LogP contribution in [0.5, 0.6) is 0 Å². The molecule has 0 bridgehead atoms. The number of carbonyl (C=O) groups is 1. The van der Waals surface area contributed by atoms with Gasteiger partial charge >= 0.3 is 5.97 Å². The van der Waals surface area contributed by atoms with Gasteiger partial charge in [0.25, 0.3) is 0 Å². The quantitative estimate of drug-likeness (QED) is 0.653. The number of anilines is 1. The monoisotopic (exact) mass is 263 g/mol. The molecule has 2 N–H and O–H groups in total. The lowest BCUT2D eigenvalue weighted by Gasteiger charge is -2.27. The van der Waals surface area contributed by atoms with Crippen molar-refractivity contribution in [1.29, 1.82) is 0 Å². The van der Waals surface area contributed by atoms with Gasteiger partial charge in [-0.25, -0.2) is 4.79 Å². The summed E-state index contributed by atoms with van der Waals surface area (Å²) in [5.74, 6) is -0.785. The molecule has 0 aromatic heterocycles.